The molecule has 0 radical (unpaired) electrons. The number of rotatable bonds is 5. The molecule has 1 rings (SSSR count). The molecule has 84 valence electrons. The summed E-state index contributed by atoms with van der Waals surface area (Å²) < 4.78 is 13.4. The van der Waals surface area contributed by atoms with E-state index in [0.29, 0.717) is 4.47 Å². The number of hydrogen-bond acceptors (Lipinski definition) is 1. The van der Waals surface area contributed by atoms with Crippen LogP contribution in [0.25, 0.3) is 0 Å². The van der Waals surface area contributed by atoms with Crippen molar-refractivity contribution in [3.05, 3.63) is 34.1 Å². The van der Waals surface area contributed by atoms with Crippen LogP contribution in [0.15, 0.2) is 22.7 Å². The first-order valence-electron chi connectivity index (χ1n) is 5.25. The molecule has 1 aromatic carbocycles. The van der Waals surface area contributed by atoms with E-state index in [-0.39, 0.29) is 11.9 Å². The second kappa shape index (κ2) is 6.23. The monoisotopic (exact) mass is 274 g/mol. The second-order valence-electron chi connectivity index (χ2n) is 3.70. The zero-order valence-electron chi connectivity index (χ0n) is 8.84. The van der Waals surface area contributed by atoms with Crippen molar-refractivity contribution >= 4 is 15.9 Å². The van der Waals surface area contributed by atoms with Gasteiger partial charge >= 0.3 is 0 Å². The van der Waals surface area contributed by atoms with Crippen LogP contribution in [0.5, 0.6) is 0 Å². The molecule has 0 saturated carbocycles. The maximum Gasteiger partial charge on any atom is 0.137 e. The molecule has 1 atom stereocenters. The average molecular weight is 275 g/mol. The van der Waals surface area contributed by atoms with Crippen molar-refractivity contribution in [1.29, 1.82) is 0 Å². The van der Waals surface area contributed by atoms with E-state index in [1.165, 1.54) is 6.07 Å². The van der Waals surface area contributed by atoms with Crippen molar-refractivity contribution in [3.8, 4) is 0 Å². The molecule has 0 saturated heterocycles. The summed E-state index contributed by atoms with van der Waals surface area (Å²) >= 11 is 3.16. The van der Waals surface area contributed by atoms with E-state index in [1.807, 2.05) is 6.92 Å². The van der Waals surface area contributed by atoms with E-state index in [0.717, 1.165) is 31.2 Å². The van der Waals surface area contributed by atoms with Crippen LogP contribution >= 0.6 is 15.9 Å². The normalized spacial score (nSPS) is 12.8. The molecule has 3 heteroatoms. The fraction of sp³-hybridized carbons (Fsp3) is 0.500. The van der Waals surface area contributed by atoms with E-state index in [9.17, 15) is 9.50 Å². The van der Waals surface area contributed by atoms with Crippen molar-refractivity contribution in [2.75, 3.05) is 0 Å². The summed E-state index contributed by atoms with van der Waals surface area (Å²) in [6.45, 7) is 1.97. The standard InChI is InChI=1S/C12H16BrFO/c1-2-10(15)5-3-4-9-6-7-12(14)11(13)8-9/h6-8,10,15H,2-5H2,1H3. The Morgan fingerprint density at radius 1 is 1.47 bits per heavy atom. The van der Waals surface area contributed by atoms with Gasteiger partial charge in [0.2, 0.25) is 0 Å². The Kier molecular flexibility index (Phi) is 5.26. The van der Waals surface area contributed by atoms with Gasteiger partial charge in [-0.3, -0.25) is 0 Å². The van der Waals surface area contributed by atoms with Gasteiger partial charge in [-0.25, -0.2) is 4.39 Å². The summed E-state index contributed by atoms with van der Waals surface area (Å²) in [5.74, 6) is -0.229. The maximum atomic E-state index is 12.9. The van der Waals surface area contributed by atoms with Crippen LogP contribution in [0.1, 0.15) is 31.7 Å². The largest absolute Gasteiger partial charge is 0.393 e. The van der Waals surface area contributed by atoms with E-state index in [2.05, 4.69) is 15.9 Å². The van der Waals surface area contributed by atoms with Gasteiger partial charge in [0.05, 0.1) is 10.6 Å². The van der Waals surface area contributed by atoms with Gasteiger partial charge < -0.3 is 5.11 Å². The third-order valence-corrected chi connectivity index (χ3v) is 3.07. The highest BCUT2D eigenvalue weighted by Gasteiger charge is 2.03. The summed E-state index contributed by atoms with van der Waals surface area (Å²) in [6, 6.07) is 5.06. The SMILES string of the molecule is CCC(O)CCCc1ccc(F)c(Br)c1. The summed E-state index contributed by atoms with van der Waals surface area (Å²) in [5, 5.41) is 9.37. The maximum absolute atomic E-state index is 12.9. The smallest absolute Gasteiger partial charge is 0.137 e. The van der Waals surface area contributed by atoms with Crippen molar-refractivity contribution in [2.24, 2.45) is 0 Å². The molecule has 15 heavy (non-hydrogen) atoms. The quantitative estimate of drug-likeness (QED) is 0.869. The Hall–Kier alpha value is -0.410. The minimum atomic E-state index is -0.229. The van der Waals surface area contributed by atoms with E-state index < -0.39 is 0 Å². The number of aryl methyl sites for hydroxylation is 1. The molecular formula is C12H16BrFO. The number of aliphatic hydroxyl groups is 1. The molecule has 0 aliphatic carbocycles. The van der Waals surface area contributed by atoms with Crippen molar-refractivity contribution in [3.63, 3.8) is 0 Å². The third kappa shape index (κ3) is 4.31. The minimum absolute atomic E-state index is 0.200. The molecule has 1 unspecified atom stereocenters. The zero-order valence-corrected chi connectivity index (χ0v) is 10.4. The molecule has 0 aliphatic rings. The van der Waals surface area contributed by atoms with Crippen LogP contribution in [-0.2, 0) is 6.42 Å². The molecule has 0 fully saturated rings. The van der Waals surface area contributed by atoms with Gasteiger partial charge in [0.1, 0.15) is 5.82 Å². The highest BCUT2D eigenvalue weighted by Crippen LogP contribution is 2.18. The summed E-state index contributed by atoms with van der Waals surface area (Å²) in [6.07, 6.45) is 3.23. The summed E-state index contributed by atoms with van der Waals surface area (Å²) in [4.78, 5) is 0. The summed E-state index contributed by atoms with van der Waals surface area (Å²) in [7, 11) is 0. The van der Waals surface area contributed by atoms with Crippen LogP contribution in [0.4, 0.5) is 4.39 Å². The van der Waals surface area contributed by atoms with Gasteiger partial charge in [-0.2, -0.15) is 0 Å². The Morgan fingerprint density at radius 3 is 2.80 bits per heavy atom. The lowest BCUT2D eigenvalue weighted by atomic mass is 10.1. The molecule has 0 heterocycles. The highest BCUT2D eigenvalue weighted by atomic mass is 79.9. The fourth-order valence-corrected chi connectivity index (χ4v) is 1.87. The van der Waals surface area contributed by atoms with E-state index >= 15 is 0 Å². The van der Waals surface area contributed by atoms with Crippen LogP contribution in [-0.4, -0.2) is 11.2 Å². The van der Waals surface area contributed by atoms with Crippen LogP contribution < -0.4 is 0 Å². The highest BCUT2D eigenvalue weighted by molar-refractivity contribution is 9.10. The molecule has 1 aromatic rings. The first kappa shape index (κ1) is 12.7. The third-order valence-electron chi connectivity index (χ3n) is 2.46. The Balaban J connectivity index is 2.41. The molecule has 0 bridgehead atoms. The van der Waals surface area contributed by atoms with Crippen molar-refractivity contribution < 1.29 is 9.50 Å². The minimum Gasteiger partial charge on any atom is -0.393 e. The van der Waals surface area contributed by atoms with E-state index in [1.54, 1.807) is 12.1 Å². The molecule has 1 nitrogen and oxygen atoms in total. The fourth-order valence-electron chi connectivity index (χ4n) is 1.44. The van der Waals surface area contributed by atoms with Gasteiger partial charge in [0.25, 0.3) is 0 Å². The molecule has 1 N–H and O–H groups in total. The van der Waals surface area contributed by atoms with Crippen LogP contribution in [0.3, 0.4) is 0 Å². The van der Waals surface area contributed by atoms with Gasteiger partial charge in [-0.1, -0.05) is 13.0 Å². The predicted molar refractivity (Wildman–Crippen MR) is 63.3 cm³/mol. The van der Waals surface area contributed by atoms with Gasteiger partial charge in [-0.05, 0) is 59.3 Å². The number of aliphatic hydroxyl groups excluding tert-OH is 1. The molecule has 0 aromatic heterocycles. The number of hydrogen-bond donors (Lipinski definition) is 1. The topological polar surface area (TPSA) is 20.2 Å². The lowest BCUT2D eigenvalue weighted by Gasteiger charge is -2.07. The first-order chi connectivity index (χ1) is 7.13. The Morgan fingerprint density at radius 2 is 2.20 bits per heavy atom. The molecule has 0 spiro atoms. The second-order valence-corrected chi connectivity index (χ2v) is 4.56. The number of halogens is 2. The number of benzene rings is 1. The van der Waals surface area contributed by atoms with E-state index in [4.69, 9.17) is 0 Å². The van der Waals surface area contributed by atoms with Crippen molar-refractivity contribution in [2.45, 2.75) is 38.7 Å². The Labute approximate surface area is 98.4 Å². The first-order valence-corrected chi connectivity index (χ1v) is 6.04. The molecule has 0 aliphatic heterocycles. The lowest BCUT2D eigenvalue weighted by Crippen LogP contribution is -2.04. The van der Waals surface area contributed by atoms with Crippen LogP contribution in [0, 0.1) is 5.82 Å². The predicted octanol–water partition coefficient (Wildman–Crippen LogP) is 3.68. The average Bonchev–Trinajstić information content (AvgIpc) is 2.23. The molecular weight excluding hydrogens is 259 g/mol. The van der Waals surface area contributed by atoms with Gasteiger partial charge in [-0.15, -0.1) is 0 Å². The van der Waals surface area contributed by atoms with Crippen molar-refractivity contribution in [1.82, 2.24) is 0 Å². The van der Waals surface area contributed by atoms with Crippen LogP contribution in [0.2, 0.25) is 0 Å². The summed E-state index contributed by atoms with van der Waals surface area (Å²) in [5.41, 5.74) is 1.10. The lowest BCUT2D eigenvalue weighted by molar-refractivity contribution is 0.158. The zero-order chi connectivity index (χ0) is 11.3. The Bertz CT molecular complexity index is 314. The molecule has 0 amide bonds. The van der Waals surface area contributed by atoms with Gasteiger partial charge in [0.15, 0.2) is 0 Å². The van der Waals surface area contributed by atoms with Gasteiger partial charge in [0, 0.05) is 0 Å².